The lowest BCUT2D eigenvalue weighted by atomic mass is 10.3. The molecular weight excluding hydrogens is 220 g/mol. The van der Waals surface area contributed by atoms with Crippen LogP contribution in [0.15, 0.2) is 23.7 Å². The number of rotatable bonds is 8. The fourth-order valence-electron chi connectivity index (χ4n) is 1.20. The Labute approximate surface area is 103 Å². The van der Waals surface area contributed by atoms with Crippen LogP contribution in [0.1, 0.15) is 33.6 Å². The van der Waals surface area contributed by atoms with Crippen LogP contribution in [-0.4, -0.2) is 26.3 Å². The van der Waals surface area contributed by atoms with Crippen LogP contribution >= 0.6 is 0 Å². The van der Waals surface area contributed by atoms with E-state index in [4.69, 9.17) is 14.2 Å². The van der Waals surface area contributed by atoms with Gasteiger partial charge in [0.25, 0.3) is 0 Å². The Balaban J connectivity index is 4.55. The average molecular weight is 242 g/mol. The van der Waals surface area contributed by atoms with Crippen molar-refractivity contribution in [1.82, 2.24) is 0 Å². The van der Waals surface area contributed by atoms with E-state index >= 15 is 0 Å². The summed E-state index contributed by atoms with van der Waals surface area (Å²) in [6, 6.07) is 0. The summed E-state index contributed by atoms with van der Waals surface area (Å²) < 4.78 is 15.4. The second-order valence-corrected chi connectivity index (χ2v) is 3.25. The average Bonchev–Trinajstić information content (AvgIpc) is 2.33. The number of hydrogen-bond donors (Lipinski definition) is 0. The van der Waals surface area contributed by atoms with Gasteiger partial charge in [0, 0.05) is 6.42 Å². The molecule has 0 amide bonds. The van der Waals surface area contributed by atoms with Gasteiger partial charge in [-0.05, 0) is 19.4 Å². The molecule has 4 heteroatoms. The third-order valence-electron chi connectivity index (χ3n) is 2.00. The van der Waals surface area contributed by atoms with Crippen LogP contribution in [0.25, 0.3) is 0 Å². The minimum absolute atomic E-state index is 0.0932. The maximum atomic E-state index is 11.2. The number of hydrogen-bond acceptors (Lipinski definition) is 4. The molecule has 4 nitrogen and oxygen atoms in total. The van der Waals surface area contributed by atoms with Crippen molar-refractivity contribution in [2.24, 2.45) is 0 Å². The SMILES string of the molecule is CCC=CC(OCC(=O)OCC)=C(CC)OC. The van der Waals surface area contributed by atoms with Gasteiger partial charge < -0.3 is 14.2 Å². The van der Waals surface area contributed by atoms with Gasteiger partial charge in [-0.15, -0.1) is 0 Å². The zero-order valence-corrected chi connectivity index (χ0v) is 11.1. The third kappa shape index (κ3) is 6.66. The summed E-state index contributed by atoms with van der Waals surface area (Å²) in [7, 11) is 1.59. The third-order valence-corrected chi connectivity index (χ3v) is 2.00. The molecule has 0 rings (SSSR count). The van der Waals surface area contributed by atoms with Crippen LogP contribution < -0.4 is 0 Å². The molecule has 0 aromatic rings. The van der Waals surface area contributed by atoms with E-state index in [9.17, 15) is 4.79 Å². The number of methoxy groups -OCH3 is 1. The van der Waals surface area contributed by atoms with E-state index in [1.165, 1.54) is 0 Å². The molecule has 0 radical (unpaired) electrons. The topological polar surface area (TPSA) is 44.8 Å². The Hall–Kier alpha value is -1.45. The van der Waals surface area contributed by atoms with Gasteiger partial charge in [-0.1, -0.05) is 19.9 Å². The molecule has 0 aliphatic carbocycles. The normalized spacial score (nSPS) is 12.2. The Kier molecular flexibility index (Phi) is 8.92. The zero-order valence-electron chi connectivity index (χ0n) is 11.1. The van der Waals surface area contributed by atoms with Crippen molar-refractivity contribution in [2.75, 3.05) is 20.3 Å². The summed E-state index contributed by atoms with van der Waals surface area (Å²) in [5.74, 6) is 0.936. The van der Waals surface area contributed by atoms with Crippen LogP contribution in [0.3, 0.4) is 0 Å². The van der Waals surface area contributed by atoms with Gasteiger partial charge in [-0.3, -0.25) is 0 Å². The minimum Gasteiger partial charge on any atom is -0.497 e. The molecule has 0 bridgehead atoms. The van der Waals surface area contributed by atoms with Crippen LogP contribution in [0.5, 0.6) is 0 Å². The van der Waals surface area contributed by atoms with Crippen LogP contribution in [0, 0.1) is 0 Å². The Morgan fingerprint density at radius 2 is 1.88 bits per heavy atom. The molecule has 0 aromatic carbocycles. The van der Waals surface area contributed by atoms with E-state index in [1.54, 1.807) is 14.0 Å². The molecule has 0 spiro atoms. The minimum atomic E-state index is -0.374. The number of allylic oxidation sites excluding steroid dienone is 3. The maximum absolute atomic E-state index is 11.2. The standard InChI is InChI=1S/C13H22O4/c1-5-8-9-12(11(6-2)15-4)17-10-13(14)16-7-3/h8-9H,5-7,10H2,1-4H3. The van der Waals surface area contributed by atoms with Crippen molar-refractivity contribution >= 4 is 5.97 Å². The highest BCUT2D eigenvalue weighted by molar-refractivity contribution is 5.70. The van der Waals surface area contributed by atoms with Gasteiger partial charge in [-0.25, -0.2) is 4.79 Å². The zero-order chi connectivity index (χ0) is 13.1. The van der Waals surface area contributed by atoms with Crippen LogP contribution in [0.2, 0.25) is 0 Å². The van der Waals surface area contributed by atoms with E-state index < -0.39 is 0 Å². The molecule has 0 saturated carbocycles. The van der Waals surface area contributed by atoms with Crippen LogP contribution in [0.4, 0.5) is 0 Å². The Morgan fingerprint density at radius 3 is 2.35 bits per heavy atom. The first-order chi connectivity index (χ1) is 8.19. The molecule has 0 aliphatic rings. The highest BCUT2D eigenvalue weighted by atomic mass is 16.6. The van der Waals surface area contributed by atoms with Crippen molar-refractivity contribution in [2.45, 2.75) is 33.6 Å². The number of carbonyl (C=O) groups excluding carboxylic acids is 1. The first-order valence-electron chi connectivity index (χ1n) is 5.91. The molecule has 0 N–H and O–H groups in total. The lowest BCUT2D eigenvalue weighted by Gasteiger charge is -2.11. The summed E-state index contributed by atoms with van der Waals surface area (Å²) in [5, 5.41) is 0. The second-order valence-electron chi connectivity index (χ2n) is 3.25. The molecule has 0 aromatic heterocycles. The van der Waals surface area contributed by atoms with Crippen molar-refractivity contribution in [3.63, 3.8) is 0 Å². The summed E-state index contributed by atoms with van der Waals surface area (Å²) in [4.78, 5) is 11.2. The largest absolute Gasteiger partial charge is 0.497 e. The fraction of sp³-hybridized carbons (Fsp3) is 0.615. The molecule has 0 unspecified atom stereocenters. The van der Waals surface area contributed by atoms with Gasteiger partial charge in [0.15, 0.2) is 12.4 Å². The highest BCUT2D eigenvalue weighted by Gasteiger charge is 2.08. The molecule has 0 saturated heterocycles. The van der Waals surface area contributed by atoms with E-state index in [0.29, 0.717) is 18.8 Å². The van der Waals surface area contributed by atoms with E-state index in [2.05, 4.69) is 0 Å². The van der Waals surface area contributed by atoms with E-state index in [1.807, 2.05) is 26.0 Å². The first kappa shape index (κ1) is 15.6. The van der Waals surface area contributed by atoms with Crippen molar-refractivity contribution in [1.29, 1.82) is 0 Å². The molecule has 0 aliphatic heterocycles. The predicted octanol–water partition coefficient (Wildman–Crippen LogP) is 2.80. The molecule has 17 heavy (non-hydrogen) atoms. The first-order valence-corrected chi connectivity index (χ1v) is 5.91. The van der Waals surface area contributed by atoms with Gasteiger partial charge in [-0.2, -0.15) is 0 Å². The number of ether oxygens (including phenoxy) is 3. The fourth-order valence-corrected chi connectivity index (χ4v) is 1.20. The summed E-state index contributed by atoms with van der Waals surface area (Å²) >= 11 is 0. The second kappa shape index (κ2) is 9.75. The lowest BCUT2D eigenvalue weighted by Crippen LogP contribution is -2.12. The molecule has 98 valence electrons. The van der Waals surface area contributed by atoms with Gasteiger partial charge in [0.05, 0.1) is 13.7 Å². The smallest absolute Gasteiger partial charge is 0.344 e. The van der Waals surface area contributed by atoms with Crippen molar-refractivity contribution in [3.8, 4) is 0 Å². The summed E-state index contributed by atoms with van der Waals surface area (Å²) in [6.07, 6.45) is 5.38. The van der Waals surface area contributed by atoms with Crippen LogP contribution in [-0.2, 0) is 19.0 Å². The predicted molar refractivity (Wildman–Crippen MR) is 66.3 cm³/mol. The summed E-state index contributed by atoms with van der Waals surface area (Å²) in [6.45, 7) is 6.02. The number of carbonyl (C=O) groups is 1. The Bertz CT molecular complexity index is 273. The van der Waals surface area contributed by atoms with Gasteiger partial charge in [0.2, 0.25) is 0 Å². The van der Waals surface area contributed by atoms with Gasteiger partial charge >= 0.3 is 5.97 Å². The van der Waals surface area contributed by atoms with Gasteiger partial charge in [0.1, 0.15) is 5.76 Å². The van der Waals surface area contributed by atoms with E-state index in [-0.39, 0.29) is 12.6 Å². The quantitative estimate of drug-likeness (QED) is 0.373. The molecule has 0 fully saturated rings. The Morgan fingerprint density at radius 1 is 1.18 bits per heavy atom. The molecule has 0 atom stereocenters. The van der Waals surface area contributed by atoms with Crippen molar-refractivity contribution < 1.29 is 19.0 Å². The maximum Gasteiger partial charge on any atom is 0.344 e. The highest BCUT2D eigenvalue weighted by Crippen LogP contribution is 2.13. The van der Waals surface area contributed by atoms with E-state index in [0.717, 1.165) is 12.2 Å². The number of esters is 1. The molecule has 0 heterocycles. The lowest BCUT2D eigenvalue weighted by molar-refractivity contribution is -0.146. The van der Waals surface area contributed by atoms with Crippen molar-refractivity contribution in [3.05, 3.63) is 23.7 Å². The monoisotopic (exact) mass is 242 g/mol. The summed E-state index contributed by atoms with van der Waals surface area (Å²) in [5.41, 5.74) is 0. The molecular formula is C13H22O4.